The minimum Gasteiger partial charge on any atom is -0.375 e. The van der Waals surface area contributed by atoms with Crippen LogP contribution in [0.15, 0.2) is 84.9 Å². The Morgan fingerprint density at radius 2 is 0.580 bits per heavy atom. The number of aromatic nitrogens is 2. The molecule has 2 nitrogen and oxygen atoms in total. The van der Waals surface area contributed by atoms with Crippen LogP contribution in [-0.2, 0) is 32.5 Å². The van der Waals surface area contributed by atoms with E-state index >= 15 is 0 Å². The van der Waals surface area contributed by atoms with E-state index in [2.05, 4.69) is 230 Å². The number of rotatable bonds is 0. The summed E-state index contributed by atoms with van der Waals surface area (Å²) in [5.74, 6) is 0. The molecule has 5 heteroatoms. The van der Waals surface area contributed by atoms with Crippen molar-refractivity contribution in [3.8, 4) is 43.1 Å². The van der Waals surface area contributed by atoms with E-state index in [-0.39, 0.29) is 46.2 Å². The van der Waals surface area contributed by atoms with Gasteiger partial charge in [-0.2, -0.15) is 0 Å². The molecule has 7 heterocycles. The van der Waals surface area contributed by atoms with Crippen LogP contribution in [0, 0.1) is 0 Å². The van der Waals surface area contributed by atoms with E-state index in [4.69, 9.17) is 0 Å². The van der Waals surface area contributed by atoms with Gasteiger partial charge in [0.15, 0.2) is 0 Å². The van der Waals surface area contributed by atoms with Gasteiger partial charge in [-0.25, -0.2) is 0 Å². The zero-order valence-corrected chi connectivity index (χ0v) is 45.4. The standard InChI is InChI=1S/C64H68B2N2S/c1-59(2,3)33-19-21-39-41-23-35(61(7,8)9)25-43-45-27-37(63(13,14)15)29-47-55(45)67(53(41)43)65(49(39)31-33)51-52-58(69-57(47)51)48-30-38(64(16,17)18)28-46-44-26-36(62(10,11)12)24-42-40-22-20-34(60(4,5)6)32-50(40)66(52)68(54(42)44)56(46)48/h19-32H,1-18H3. The molecule has 69 heavy (non-hydrogen) atoms. The van der Waals surface area contributed by atoms with E-state index in [1.807, 2.05) is 0 Å². The lowest BCUT2D eigenvalue weighted by Crippen LogP contribution is -2.65. The van der Waals surface area contributed by atoms with Crippen molar-refractivity contribution in [1.82, 2.24) is 8.96 Å². The Balaban J connectivity index is 1.26. The lowest BCUT2D eigenvalue weighted by Gasteiger charge is -2.37. The van der Waals surface area contributed by atoms with Crippen LogP contribution in [0.25, 0.3) is 86.7 Å². The fourth-order valence-corrected chi connectivity index (χ4v) is 14.3. The number of hydrogen-bond acceptors (Lipinski definition) is 1. The molecule has 0 bridgehead atoms. The van der Waals surface area contributed by atoms with Gasteiger partial charge in [-0.05, 0) is 147 Å². The first-order chi connectivity index (χ1) is 32.0. The summed E-state index contributed by atoms with van der Waals surface area (Å²) in [4.78, 5) is 2.92. The monoisotopic (exact) mass is 919 g/mol. The van der Waals surface area contributed by atoms with E-state index in [1.165, 1.54) is 142 Å². The molecule has 0 atom stereocenters. The summed E-state index contributed by atoms with van der Waals surface area (Å²) in [6.45, 7) is 43.1. The molecule has 4 aliphatic heterocycles. The molecule has 0 saturated heterocycles. The third-order valence-electron chi connectivity index (χ3n) is 17.0. The molecule has 4 aliphatic rings. The van der Waals surface area contributed by atoms with Crippen molar-refractivity contribution in [2.75, 3.05) is 0 Å². The number of thiophene rings is 1. The largest absolute Gasteiger partial charge is 0.375 e. The van der Waals surface area contributed by atoms with Crippen molar-refractivity contribution < 1.29 is 0 Å². The number of hydrogen-bond donors (Lipinski definition) is 0. The molecule has 13 rings (SSSR count). The van der Waals surface area contributed by atoms with Crippen LogP contribution in [0.1, 0.15) is 158 Å². The SMILES string of the molecule is CC(C)(C)c1ccc2c(c1)B1c3c(sc4c3B3c5cc(C(C)(C)C)ccc5-c5cc(C(C)(C)C)cc6c7cc(C(C)(C)C)cc-4c7n3c56)-c3cc(C(C)(C)C)cc4c5cc(C(C)(C)C)cc-2c5n1c34. The number of nitrogens with zero attached hydrogens (tertiary/aromatic N) is 2. The Kier molecular flexibility index (Phi) is 8.23. The van der Waals surface area contributed by atoms with Crippen molar-refractivity contribution in [2.45, 2.75) is 157 Å². The van der Waals surface area contributed by atoms with Gasteiger partial charge in [0.05, 0.1) is 0 Å². The molecule has 6 aromatic carbocycles. The molecule has 0 unspecified atom stereocenters. The van der Waals surface area contributed by atoms with Crippen LogP contribution in [0.4, 0.5) is 0 Å². The van der Waals surface area contributed by atoms with E-state index < -0.39 is 0 Å². The van der Waals surface area contributed by atoms with E-state index in [1.54, 1.807) is 0 Å². The molecule has 0 spiro atoms. The van der Waals surface area contributed by atoms with Crippen molar-refractivity contribution in [3.63, 3.8) is 0 Å². The fourth-order valence-electron chi connectivity index (χ4n) is 12.9. The van der Waals surface area contributed by atoms with Gasteiger partial charge in [-0.1, -0.05) is 161 Å². The zero-order chi connectivity index (χ0) is 48.9. The highest BCUT2D eigenvalue weighted by Gasteiger charge is 2.50. The predicted octanol–water partition coefficient (Wildman–Crippen LogP) is 15.0. The summed E-state index contributed by atoms with van der Waals surface area (Å²) in [7, 11) is 0. The third kappa shape index (κ3) is 5.75. The topological polar surface area (TPSA) is 9.86 Å². The molecule has 0 aliphatic carbocycles. The van der Waals surface area contributed by atoms with Crippen LogP contribution < -0.4 is 21.9 Å². The van der Waals surface area contributed by atoms with Crippen LogP contribution in [0.2, 0.25) is 0 Å². The number of benzene rings is 6. The normalized spacial score (nSPS) is 15.0. The lowest BCUT2D eigenvalue weighted by atomic mass is 9.37. The fraction of sp³-hybridized carbons (Fsp3) is 0.375. The maximum Gasteiger partial charge on any atom is 0.329 e. The highest BCUT2D eigenvalue weighted by atomic mass is 32.1. The van der Waals surface area contributed by atoms with Gasteiger partial charge >= 0.3 is 13.7 Å². The molecule has 9 aromatic rings. The average molecular weight is 919 g/mol. The van der Waals surface area contributed by atoms with Crippen LogP contribution in [-0.4, -0.2) is 22.7 Å². The third-order valence-corrected chi connectivity index (χ3v) is 18.3. The Bertz CT molecular complexity index is 3590. The Morgan fingerprint density at radius 3 is 0.870 bits per heavy atom. The van der Waals surface area contributed by atoms with Crippen molar-refractivity contribution in [3.05, 3.63) is 118 Å². The second-order valence-corrected chi connectivity index (χ2v) is 28.9. The second kappa shape index (κ2) is 13.0. The van der Waals surface area contributed by atoms with Gasteiger partial charge in [0.2, 0.25) is 0 Å². The average Bonchev–Trinajstić information content (AvgIpc) is 3.92. The summed E-state index contributed by atoms with van der Waals surface area (Å²) in [5, 5.41) is 5.60. The Hall–Kier alpha value is -5.25. The molecule has 0 amide bonds. The van der Waals surface area contributed by atoms with Gasteiger partial charge < -0.3 is 8.96 Å². The van der Waals surface area contributed by atoms with Crippen molar-refractivity contribution in [2.24, 2.45) is 0 Å². The molecular weight excluding hydrogens is 850 g/mol. The first-order valence-corrected chi connectivity index (χ1v) is 26.6. The summed E-state index contributed by atoms with van der Waals surface area (Å²) in [6.07, 6.45) is 0. The van der Waals surface area contributed by atoms with E-state index in [0.717, 1.165) is 0 Å². The Morgan fingerprint density at radius 1 is 0.304 bits per heavy atom. The molecule has 0 N–H and O–H groups in total. The van der Waals surface area contributed by atoms with E-state index in [0.29, 0.717) is 0 Å². The van der Waals surface area contributed by atoms with Crippen molar-refractivity contribution >= 4 is 90.5 Å². The number of fused-ring (bicyclic) bond motifs is 15. The summed E-state index contributed by atoms with van der Waals surface area (Å²) < 4.78 is 5.72. The van der Waals surface area contributed by atoms with Gasteiger partial charge in [-0.3, -0.25) is 0 Å². The lowest BCUT2D eigenvalue weighted by molar-refractivity contribution is 0.590. The first kappa shape index (κ1) is 43.7. The second-order valence-electron chi connectivity index (χ2n) is 27.9. The molecule has 0 fully saturated rings. The molecule has 3 aromatic heterocycles. The minimum absolute atomic E-state index is 0.00563. The quantitative estimate of drug-likeness (QED) is 0.134. The van der Waals surface area contributed by atoms with E-state index in [9.17, 15) is 0 Å². The van der Waals surface area contributed by atoms with Gasteiger partial charge in [0, 0.05) is 75.6 Å². The smallest absolute Gasteiger partial charge is 0.329 e. The van der Waals surface area contributed by atoms with Crippen LogP contribution >= 0.6 is 11.3 Å². The summed E-state index contributed by atoms with van der Waals surface area (Å²) >= 11 is 2.11. The zero-order valence-electron chi connectivity index (χ0n) is 44.5. The molecule has 0 radical (unpaired) electrons. The highest BCUT2D eigenvalue weighted by Crippen LogP contribution is 2.54. The molecular formula is C64H68B2N2S. The molecule has 346 valence electrons. The Labute approximate surface area is 415 Å². The van der Waals surface area contributed by atoms with Gasteiger partial charge in [-0.15, -0.1) is 11.3 Å². The maximum atomic E-state index is 2.86. The van der Waals surface area contributed by atoms with Gasteiger partial charge in [0.1, 0.15) is 0 Å². The summed E-state index contributed by atoms with van der Waals surface area (Å²) in [5.41, 5.74) is 28.1. The summed E-state index contributed by atoms with van der Waals surface area (Å²) in [6, 6.07) is 35.8. The minimum atomic E-state index is -0.0410. The van der Waals surface area contributed by atoms with Crippen LogP contribution in [0.5, 0.6) is 0 Å². The van der Waals surface area contributed by atoms with Crippen LogP contribution in [0.3, 0.4) is 0 Å². The van der Waals surface area contributed by atoms with Crippen molar-refractivity contribution in [1.29, 1.82) is 0 Å². The van der Waals surface area contributed by atoms with Gasteiger partial charge in [0.25, 0.3) is 0 Å². The highest BCUT2D eigenvalue weighted by molar-refractivity contribution is 7.25. The maximum absolute atomic E-state index is 2.86. The predicted molar refractivity (Wildman–Crippen MR) is 305 cm³/mol. The first-order valence-electron chi connectivity index (χ1n) is 25.8. The molecule has 0 saturated carbocycles.